The molecule has 100 valence electrons. The Morgan fingerprint density at radius 1 is 1.20 bits per heavy atom. The van der Waals surface area contributed by atoms with Gasteiger partial charge in [-0.15, -0.1) is 11.3 Å². The second kappa shape index (κ2) is 5.83. The molecule has 0 aliphatic rings. The molecule has 0 unspecified atom stereocenters. The van der Waals surface area contributed by atoms with Gasteiger partial charge in [-0.1, -0.05) is 11.6 Å². The number of thiazole rings is 1. The molecule has 0 N–H and O–H groups in total. The summed E-state index contributed by atoms with van der Waals surface area (Å²) in [5.74, 6) is 0.958. The van der Waals surface area contributed by atoms with Gasteiger partial charge in [-0.25, -0.2) is 4.98 Å². The van der Waals surface area contributed by atoms with Crippen LogP contribution >= 0.6 is 34.7 Å². The molecule has 0 saturated heterocycles. The third kappa shape index (κ3) is 2.95. The predicted molar refractivity (Wildman–Crippen MR) is 81.5 cm³/mol. The minimum atomic E-state index is -0.153. The molecule has 0 bridgehead atoms. The fraction of sp³-hybridized carbons (Fsp3) is 0. The molecule has 0 spiro atoms. The van der Waals surface area contributed by atoms with Crippen LogP contribution in [0.15, 0.2) is 56.7 Å². The third-order valence-corrected chi connectivity index (χ3v) is 4.55. The van der Waals surface area contributed by atoms with Gasteiger partial charge < -0.3 is 4.42 Å². The van der Waals surface area contributed by atoms with Crippen LogP contribution in [0.1, 0.15) is 10.6 Å². The van der Waals surface area contributed by atoms with E-state index in [1.165, 1.54) is 11.3 Å². The lowest BCUT2D eigenvalue weighted by atomic mass is 10.2. The number of aromatic nitrogens is 1. The zero-order chi connectivity index (χ0) is 13.9. The number of nitrogens with zero attached hydrogens (tertiary/aromatic N) is 1. The van der Waals surface area contributed by atoms with E-state index in [0.29, 0.717) is 20.9 Å². The van der Waals surface area contributed by atoms with E-state index in [1.807, 2.05) is 17.5 Å². The number of carbonyl (C=O) groups is 1. The van der Waals surface area contributed by atoms with Gasteiger partial charge in [0.25, 0.3) is 5.12 Å². The smallest absolute Gasteiger partial charge is 0.261 e. The van der Waals surface area contributed by atoms with Crippen LogP contribution in [0.25, 0.3) is 11.3 Å². The highest BCUT2D eigenvalue weighted by atomic mass is 35.5. The highest BCUT2D eigenvalue weighted by Crippen LogP contribution is 2.28. The summed E-state index contributed by atoms with van der Waals surface area (Å²) in [4.78, 5) is 16.1. The van der Waals surface area contributed by atoms with E-state index in [9.17, 15) is 4.79 Å². The van der Waals surface area contributed by atoms with Crippen LogP contribution in [0.3, 0.4) is 0 Å². The number of hydrogen-bond donors (Lipinski definition) is 0. The van der Waals surface area contributed by atoms with Gasteiger partial charge in [-0.3, -0.25) is 4.79 Å². The molecular formula is C14H8ClNO2S2. The molecular weight excluding hydrogens is 314 g/mol. The average molecular weight is 322 g/mol. The fourth-order valence-electron chi connectivity index (χ4n) is 1.61. The first kappa shape index (κ1) is 13.4. The van der Waals surface area contributed by atoms with E-state index in [2.05, 4.69) is 4.98 Å². The van der Waals surface area contributed by atoms with Crippen molar-refractivity contribution in [2.75, 3.05) is 0 Å². The van der Waals surface area contributed by atoms with Crippen molar-refractivity contribution in [3.63, 3.8) is 0 Å². The molecule has 3 rings (SSSR count). The Kier molecular flexibility index (Phi) is 3.91. The third-order valence-electron chi connectivity index (χ3n) is 2.53. The van der Waals surface area contributed by atoms with Gasteiger partial charge in [-0.05, 0) is 48.2 Å². The lowest BCUT2D eigenvalue weighted by molar-refractivity contribution is 0.106. The summed E-state index contributed by atoms with van der Waals surface area (Å²) in [6, 6.07) is 10.7. The Morgan fingerprint density at radius 2 is 2.00 bits per heavy atom. The molecule has 2 aromatic heterocycles. The van der Waals surface area contributed by atoms with Gasteiger partial charge in [0.1, 0.15) is 5.76 Å². The monoisotopic (exact) mass is 321 g/mol. The number of furan rings is 1. The van der Waals surface area contributed by atoms with Crippen LogP contribution < -0.4 is 0 Å². The van der Waals surface area contributed by atoms with Crippen molar-refractivity contribution < 1.29 is 9.21 Å². The Balaban J connectivity index is 1.79. The van der Waals surface area contributed by atoms with Crippen molar-refractivity contribution in [3.8, 4) is 11.3 Å². The van der Waals surface area contributed by atoms with Gasteiger partial charge in [0, 0.05) is 22.2 Å². The fourth-order valence-corrected chi connectivity index (χ4v) is 3.16. The van der Waals surface area contributed by atoms with Crippen molar-refractivity contribution in [3.05, 3.63) is 58.8 Å². The molecule has 0 amide bonds. The number of halogens is 1. The summed E-state index contributed by atoms with van der Waals surface area (Å²) < 4.78 is 6.29. The van der Waals surface area contributed by atoms with E-state index >= 15 is 0 Å². The summed E-state index contributed by atoms with van der Waals surface area (Å²) in [5, 5.41) is 2.34. The first-order chi connectivity index (χ1) is 9.72. The lowest BCUT2D eigenvalue weighted by Gasteiger charge is -1.97. The Bertz CT molecular complexity index is 720. The molecule has 2 heterocycles. The Hall–Kier alpha value is -1.56. The summed E-state index contributed by atoms with van der Waals surface area (Å²) in [7, 11) is 0. The van der Waals surface area contributed by atoms with Crippen LogP contribution in [0, 0.1) is 0 Å². The molecule has 0 aliphatic heterocycles. The van der Waals surface area contributed by atoms with E-state index in [-0.39, 0.29) is 5.12 Å². The SMILES string of the molecule is O=C(Sc1nccs1)c1ccc(-c2ccc(Cl)cc2)o1. The Morgan fingerprint density at radius 3 is 2.70 bits per heavy atom. The van der Waals surface area contributed by atoms with Crippen molar-refractivity contribution >= 4 is 39.8 Å². The van der Waals surface area contributed by atoms with Gasteiger partial charge in [0.2, 0.25) is 0 Å². The predicted octanol–water partition coefficient (Wildman–Crippen LogP) is 4.99. The zero-order valence-corrected chi connectivity index (χ0v) is 12.5. The normalized spacial score (nSPS) is 10.7. The summed E-state index contributed by atoms with van der Waals surface area (Å²) in [6.45, 7) is 0. The van der Waals surface area contributed by atoms with Gasteiger partial charge in [-0.2, -0.15) is 0 Å². The molecule has 0 atom stereocenters. The van der Waals surface area contributed by atoms with Crippen LogP contribution in [0.2, 0.25) is 5.02 Å². The first-order valence-electron chi connectivity index (χ1n) is 5.70. The largest absolute Gasteiger partial charge is 0.452 e. The standard InChI is InChI=1S/C14H8ClNO2S2/c15-10-3-1-9(2-4-10)11-5-6-12(18-11)13(17)20-14-16-7-8-19-14/h1-8H. The molecule has 0 fully saturated rings. The number of benzene rings is 1. The van der Waals surface area contributed by atoms with Gasteiger partial charge in [0.05, 0.1) is 0 Å². The van der Waals surface area contributed by atoms with Crippen molar-refractivity contribution in [1.82, 2.24) is 4.98 Å². The maximum absolute atomic E-state index is 12.0. The summed E-state index contributed by atoms with van der Waals surface area (Å²) in [5.41, 5.74) is 0.882. The van der Waals surface area contributed by atoms with E-state index in [4.69, 9.17) is 16.0 Å². The minimum absolute atomic E-state index is 0.153. The number of hydrogen-bond acceptors (Lipinski definition) is 5. The van der Waals surface area contributed by atoms with E-state index < -0.39 is 0 Å². The van der Waals surface area contributed by atoms with Crippen molar-refractivity contribution in [1.29, 1.82) is 0 Å². The van der Waals surface area contributed by atoms with Gasteiger partial charge in [0.15, 0.2) is 10.1 Å². The quantitative estimate of drug-likeness (QED) is 0.637. The number of carbonyl (C=O) groups excluding carboxylic acids is 1. The van der Waals surface area contributed by atoms with Gasteiger partial charge >= 0.3 is 0 Å². The molecule has 0 saturated carbocycles. The van der Waals surface area contributed by atoms with Crippen LogP contribution in [0.4, 0.5) is 0 Å². The maximum atomic E-state index is 12.0. The molecule has 1 aromatic carbocycles. The van der Waals surface area contributed by atoms with E-state index in [1.54, 1.807) is 30.5 Å². The van der Waals surface area contributed by atoms with Crippen molar-refractivity contribution in [2.24, 2.45) is 0 Å². The topological polar surface area (TPSA) is 43.1 Å². The molecule has 3 nitrogen and oxygen atoms in total. The van der Waals surface area contributed by atoms with Crippen LogP contribution in [0.5, 0.6) is 0 Å². The summed E-state index contributed by atoms with van der Waals surface area (Å²) in [6.07, 6.45) is 1.67. The average Bonchev–Trinajstić information content (AvgIpc) is 3.10. The van der Waals surface area contributed by atoms with Crippen LogP contribution in [-0.4, -0.2) is 10.1 Å². The number of rotatable bonds is 3. The Labute approximate surface area is 128 Å². The summed E-state index contributed by atoms with van der Waals surface area (Å²) >= 11 is 8.33. The first-order valence-corrected chi connectivity index (χ1v) is 7.77. The highest BCUT2D eigenvalue weighted by Gasteiger charge is 2.15. The second-order valence-corrected chi connectivity index (χ2v) is 6.41. The molecule has 3 aromatic rings. The van der Waals surface area contributed by atoms with Crippen molar-refractivity contribution in [2.45, 2.75) is 4.34 Å². The maximum Gasteiger partial charge on any atom is 0.261 e. The van der Waals surface area contributed by atoms with Crippen LogP contribution in [-0.2, 0) is 0 Å². The molecule has 0 aliphatic carbocycles. The second-order valence-electron chi connectivity index (χ2n) is 3.86. The molecule has 6 heteroatoms. The molecule has 20 heavy (non-hydrogen) atoms. The zero-order valence-electron chi connectivity index (χ0n) is 10.1. The minimum Gasteiger partial charge on any atom is -0.452 e. The molecule has 0 radical (unpaired) electrons. The highest BCUT2D eigenvalue weighted by molar-refractivity contribution is 8.15. The lowest BCUT2D eigenvalue weighted by Crippen LogP contribution is -1.89. The number of thioether (sulfide) groups is 1. The van der Waals surface area contributed by atoms with E-state index in [0.717, 1.165) is 17.3 Å².